The summed E-state index contributed by atoms with van der Waals surface area (Å²) >= 11 is 0. The molecule has 0 saturated carbocycles. The molecule has 3 nitrogen and oxygen atoms in total. The zero-order valence-electron chi connectivity index (χ0n) is 8.15. The topological polar surface area (TPSA) is 43.1 Å². The van der Waals surface area contributed by atoms with E-state index < -0.39 is 0 Å². The van der Waals surface area contributed by atoms with Gasteiger partial charge in [-0.2, -0.15) is 0 Å². The van der Waals surface area contributed by atoms with E-state index in [1.54, 1.807) is 19.1 Å². The number of nitro groups is 1. The van der Waals surface area contributed by atoms with Crippen molar-refractivity contribution in [3.63, 3.8) is 0 Å². The van der Waals surface area contributed by atoms with Gasteiger partial charge in [0.05, 0.1) is 4.92 Å². The van der Waals surface area contributed by atoms with Gasteiger partial charge in [0.2, 0.25) is 0 Å². The maximum Gasteiger partial charge on any atom is 0.272 e. The molecule has 0 radical (unpaired) electrons. The molecule has 72 valence electrons. The normalized spacial score (nSPS) is 11.8. The predicted octanol–water partition coefficient (Wildman–Crippen LogP) is 2.64. The summed E-state index contributed by atoms with van der Waals surface area (Å²) in [4.78, 5) is 10.1. The van der Waals surface area contributed by atoms with Gasteiger partial charge in [0.1, 0.15) is 0 Å². The lowest BCUT2D eigenvalue weighted by Gasteiger charge is -2.05. The molecule has 0 aromatic heterocycles. The fourth-order valence-electron chi connectivity index (χ4n) is 1.25. The van der Waals surface area contributed by atoms with Gasteiger partial charge < -0.3 is 0 Å². The number of rotatable bonds is 2. The summed E-state index contributed by atoms with van der Waals surface area (Å²) < 4.78 is 0. The molecule has 1 rings (SSSR count). The Balaban J connectivity index is 3.14. The Labute approximate surface area is 82.9 Å². The van der Waals surface area contributed by atoms with E-state index in [2.05, 4.69) is 5.92 Å². The van der Waals surface area contributed by atoms with Crippen molar-refractivity contribution in [2.24, 2.45) is 0 Å². The molecule has 3 heteroatoms. The van der Waals surface area contributed by atoms with Crippen molar-refractivity contribution >= 4 is 5.69 Å². The van der Waals surface area contributed by atoms with E-state index in [9.17, 15) is 10.1 Å². The largest absolute Gasteiger partial charge is 0.272 e. The standard InChI is InChI=1S/C11H11NO2/c1-4-8(2)10-5-6-11(12(13)14)9(3)7-10/h1,5-8H,2-3H3. The van der Waals surface area contributed by atoms with Gasteiger partial charge in [-0.3, -0.25) is 10.1 Å². The number of nitro benzene ring substituents is 1. The van der Waals surface area contributed by atoms with Crippen molar-refractivity contribution < 1.29 is 4.92 Å². The third kappa shape index (κ3) is 1.91. The van der Waals surface area contributed by atoms with Crippen LogP contribution in [-0.4, -0.2) is 4.92 Å². The maximum atomic E-state index is 10.5. The number of terminal acetylenes is 1. The summed E-state index contributed by atoms with van der Waals surface area (Å²) in [5, 5.41) is 10.5. The molecule has 14 heavy (non-hydrogen) atoms. The van der Waals surface area contributed by atoms with Crippen LogP contribution in [0.15, 0.2) is 18.2 Å². The average molecular weight is 189 g/mol. The second-order valence-corrected chi connectivity index (χ2v) is 3.19. The molecule has 0 saturated heterocycles. The van der Waals surface area contributed by atoms with Gasteiger partial charge in [-0.1, -0.05) is 12.0 Å². The molecule has 0 aliphatic rings. The molecular formula is C11H11NO2. The Kier molecular flexibility index (Phi) is 2.88. The van der Waals surface area contributed by atoms with Crippen LogP contribution in [-0.2, 0) is 0 Å². The fourth-order valence-corrected chi connectivity index (χ4v) is 1.25. The Morgan fingerprint density at radius 3 is 2.64 bits per heavy atom. The lowest BCUT2D eigenvalue weighted by molar-refractivity contribution is -0.385. The predicted molar refractivity (Wildman–Crippen MR) is 55.1 cm³/mol. The van der Waals surface area contributed by atoms with E-state index in [1.165, 1.54) is 6.07 Å². The third-order valence-corrected chi connectivity index (χ3v) is 2.17. The van der Waals surface area contributed by atoms with Crippen molar-refractivity contribution in [3.8, 4) is 12.3 Å². The number of aryl methyl sites for hydroxylation is 1. The number of nitrogens with zero attached hydrogens (tertiary/aromatic N) is 1. The molecular weight excluding hydrogens is 178 g/mol. The number of hydrogen-bond donors (Lipinski definition) is 0. The second kappa shape index (κ2) is 3.93. The first-order valence-electron chi connectivity index (χ1n) is 4.27. The summed E-state index contributed by atoms with van der Waals surface area (Å²) in [5.41, 5.74) is 1.73. The van der Waals surface area contributed by atoms with Crippen LogP contribution in [0.3, 0.4) is 0 Å². The third-order valence-electron chi connectivity index (χ3n) is 2.17. The van der Waals surface area contributed by atoms with E-state index in [-0.39, 0.29) is 16.5 Å². The molecule has 0 spiro atoms. The summed E-state index contributed by atoms with van der Waals surface area (Å²) in [6.45, 7) is 3.60. The Morgan fingerprint density at radius 2 is 2.21 bits per heavy atom. The number of hydrogen-bond acceptors (Lipinski definition) is 2. The molecule has 1 aromatic carbocycles. The first-order chi connectivity index (χ1) is 6.56. The monoisotopic (exact) mass is 189 g/mol. The van der Waals surface area contributed by atoms with Gasteiger partial charge in [0, 0.05) is 17.5 Å². The summed E-state index contributed by atoms with van der Waals surface area (Å²) in [5.74, 6) is 2.58. The molecule has 0 fully saturated rings. The Bertz CT molecular complexity index is 404. The van der Waals surface area contributed by atoms with E-state index in [1.807, 2.05) is 6.92 Å². The van der Waals surface area contributed by atoms with Gasteiger partial charge in [-0.05, 0) is 25.5 Å². The average Bonchev–Trinajstić information content (AvgIpc) is 2.15. The molecule has 1 unspecified atom stereocenters. The van der Waals surface area contributed by atoms with Gasteiger partial charge in [0.15, 0.2) is 0 Å². The van der Waals surface area contributed by atoms with Crippen LogP contribution in [0, 0.1) is 29.4 Å². The van der Waals surface area contributed by atoms with Crippen LogP contribution < -0.4 is 0 Å². The van der Waals surface area contributed by atoms with E-state index in [0.717, 1.165) is 5.56 Å². The molecule has 0 aliphatic heterocycles. The highest BCUT2D eigenvalue weighted by Crippen LogP contribution is 2.22. The molecule has 1 aromatic rings. The smallest absolute Gasteiger partial charge is 0.258 e. The molecule has 0 aliphatic carbocycles. The Morgan fingerprint density at radius 1 is 1.57 bits per heavy atom. The minimum absolute atomic E-state index is 0.00509. The van der Waals surface area contributed by atoms with Crippen LogP contribution in [0.4, 0.5) is 5.69 Å². The molecule has 0 bridgehead atoms. The van der Waals surface area contributed by atoms with Gasteiger partial charge in [0.25, 0.3) is 5.69 Å². The van der Waals surface area contributed by atoms with Gasteiger partial charge in [-0.15, -0.1) is 6.42 Å². The lowest BCUT2D eigenvalue weighted by Crippen LogP contribution is -1.95. The summed E-state index contributed by atoms with van der Waals surface area (Å²) in [6, 6.07) is 4.97. The van der Waals surface area contributed by atoms with Crippen molar-refractivity contribution in [2.75, 3.05) is 0 Å². The minimum Gasteiger partial charge on any atom is -0.258 e. The molecule has 0 N–H and O–H groups in total. The first kappa shape index (κ1) is 10.3. The van der Waals surface area contributed by atoms with Crippen molar-refractivity contribution in [1.82, 2.24) is 0 Å². The highest BCUT2D eigenvalue weighted by atomic mass is 16.6. The van der Waals surface area contributed by atoms with Crippen molar-refractivity contribution in [3.05, 3.63) is 39.4 Å². The highest BCUT2D eigenvalue weighted by Gasteiger charge is 2.11. The van der Waals surface area contributed by atoms with Crippen molar-refractivity contribution in [1.29, 1.82) is 0 Å². The summed E-state index contributed by atoms with van der Waals surface area (Å²) in [6.07, 6.45) is 5.27. The van der Waals surface area contributed by atoms with Crippen molar-refractivity contribution in [2.45, 2.75) is 19.8 Å². The highest BCUT2D eigenvalue weighted by molar-refractivity contribution is 5.43. The van der Waals surface area contributed by atoms with Crippen LogP contribution in [0.1, 0.15) is 24.0 Å². The summed E-state index contributed by atoms with van der Waals surface area (Å²) in [7, 11) is 0. The van der Waals surface area contributed by atoms with Crippen LogP contribution in [0.5, 0.6) is 0 Å². The van der Waals surface area contributed by atoms with Gasteiger partial charge >= 0.3 is 0 Å². The first-order valence-corrected chi connectivity index (χ1v) is 4.27. The molecule has 0 amide bonds. The fraction of sp³-hybridized carbons (Fsp3) is 0.273. The molecule has 0 heterocycles. The number of benzene rings is 1. The molecule has 1 atom stereocenters. The van der Waals surface area contributed by atoms with E-state index in [4.69, 9.17) is 6.42 Å². The SMILES string of the molecule is C#CC(C)c1ccc([N+](=O)[O-])c(C)c1. The van der Waals surface area contributed by atoms with Crippen LogP contribution >= 0.6 is 0 Å². The maximum absolute atomic E-state index is 10.5. The van der Waals surface area contributed by atoms with E-state index >= 15 is 0 Å². The minimum atomic E-state index is -0.389. The zero-order chi connectivity index (χ0) is 10.7. The van der Waals surface area contributed by atoms with Crippen LogP contribution in [0.2, 0.25) is 0 Å². The Hall–Kier alpha value is -1.82. The lowest BCUT2D eigenvalue weighted by atomic mass is 9.99. The van der Waals surface area contributed by atoms with Crippen LogP contribution in [0.25, 0.3) is 0 Å². The van der Waals surface area contributed by atoms with E-state index in [0.29, 0.717) is 5.56 Å². The van der Waals surface area contributed by atoms with Gasteiger partial charge in [-0.25, -0.2) is 0 Å². The zero-order valence-corrected chi connectivity index (χ0v) is 8.15. The quantitative estimate of drug-likeness (QED) is 0.407. The second-order valence-electron chi connectivity index (χ2n) is 3.19.